The maximum Gasteiger partial charge on any atom is 0.227 e. The van der Waals surface area contributed by atoms with E-state index in [0.717, 1.165) is 19.4 Å². The highest BCUT2D eigenvalue weighted by molar-refractivity contribution is 5.79. The average Bonchev–Trinajstić information content (AvgIpc) is 3.22. The largest absolute Gasteiger partial charge is 0.335 e. The van der Waals surface area contributed by atoms with E-state index in [2.05, 4.69) is 32.0 Å². The summed E-state index contributed by atoms with van der Waals surface area (Å²) in [6.07, 6.45) is 2.27. The highest BCUT2D eigenvalue weighted by Gasteiger charge is 2.34. The van der Waals surface area contributed by atoms with E-state index in [-0.39, 0.29) is 11.8 Å². The van der Waals surface area contributed by atoms with Gasteiger partial charge in [0.25, 0.3) is 0 Å². The van der Waals surface area contributed by atoms with Crippen LogP contribution in [0.1, 0.15) is 36.5 Å². The predicted molar refractivity (Wildman–Crippen MR) is 77.7 cm³/mol. The van der Waals surface area contributed by atoms with E-state index in [1.807, 2.05) is 11.8 Å². The smallest absolute Gasteiger partial charge is 0.227 e. The van der Waals surface area contributed by atoms with Crippen molar-refractivity contribution in [2.45, 2.75) is 46.2 Å². The summed E-state index contributed by atoms with van der Waals surface area (Å²) < 4.78 is 0. The van der Waals surface area contributed by atoms with Crippen LogP contribution in [0.4, 0.5) is 0 Å². The van der Waals surface area contributed by atoms with Gasteiger partial charge >= 0.3 is 0 Å². The van der Waals surface area contributed by atoms with Gasteiger partial charge in [-0.25, -0.2) is 0 Å². The summed E-state index contributed by atoms with van der Waals surface area (Å²) in [5.74, 6) is 0.121. The van der Waals surface area contributed by atoms with E-state index in [1.165, 1.54) is 16.7 Å². The normalized spacial score (nSPS) is 16.2. The Hall–Kier alpha value is -1.35. The molecule has 1 fully saturated rings. The van der Waals surface area contributed by atoms with Gasteiger partial charge in [0.1, 0.15) is 0 Å². The third-order valence-corrected chi connectivity index (χ3v) is 3.97. The Bertz CT molecular complexity index is 466. The topological polar surface area (TPSA) is 46.3 Å². The van der Waals surface area contributed by atoms with Gasteiger partial charge in [-0.3, -0.25) is 4.79 Å². The number of benzene rings is 1. The Morgan fingerprint density at radius 1 is 1.37 bits per heavy atom. The van der Waals surface area contributed by atoms with Gasteiger partial charge < -0.3 is 10.6 Å². The fraction of sp³-hybridized carbons (Fsp3) is 0.562. The van der Waals surface area contributed by atoms with E-state index in [0.29, 0.717) is 12.6 Å². The molecule has 104 valence electrons. The SMILES string of the molecule is Cc1ccc(CN(C(=O)C(C)CN)C2CC2)cc1C. The maximum absolute atomic E-state index is 12.4. The van der Waals surface area contributed by atoms with Gasteiger partial charge in [0.2, 0.25) is 5.91 Å². The molecule has 1 aromatic rings. The molecular weight excluding hydrogens is 236 g/mol. The van der Waals surface area contributed by atoms with Gasteiger partial charge in [-0.1, -0.05) is 25.1 Å². The van der Waals surface area contributed by atoms with E-state index in [9.17, 15) is 4.79 Å². The second-order valence-corrected chi connectivity index (χ2v) is 5.75. The molecule has 2 rings (SSSR count). The minimum absolute atomic E-state index is 0.0767. The standard InChI is InChI=1S/C16H24N2O/c1-11-4-5-14(8-12(11)2)10-18(15-6-7-15)16(19)13(3)9-17/h4-5,8,13,15H,6-7,9-10,17H2,1-3H3. The molecule has 0 saturated heterocycles. The van der Waals surface area contributed by atoms with Gasteiger partial charge in [0, 0.05) is 25.0 Å². The lowest BCUT2D eigenvalue weighted by molar-refractivity contribution is -0.135. The molecule has 1 amide bonds. The van der Waals surface area contributed by atoms with Crippen LogP contribution < -0.4 is 5.73 Å². The summed E-state index contributed by atoms with van der Waals surface area (Å²) in [6, 6.07) is 6.87. The second-order valence-electron chi connectivity index (χ2n) is 5.75. The molecule has 0 heterocycles. The molecule has 1 saturated carbocycles. The van der Waals surface area contributed by atoms with Gasteiger partial charge in [-0.05, 0) is 43.4 Å². The first kappa shape index (κ1) is 14.1. The molecule has 1 aliphatic rings. The first-order valence-corrected chi connectivity index (χ1v) is 7.09. The molecule has 1 aromatic carbocycles. The Morgan fingerprint density at radius 3 is 2.58 bits per heavy atom. The molecule has 0 bridgehead atoms. The van der Waals surface area contributed by atoms with Crippen LogP contribution in [0.5, 0.6) is 0 Å². The molecule has 2 N–H and O–H groups in total. The van der Waals surface area contributed by atoms with Crippen molar-refractivity contribution in [2.24, 2.45) is 11.7 Å². The first-order chi connectivity index (χ1) is 9.02. The van der Waals surface area contributed by atoms with E-state index in [1.54, 1.807) is 0 Å². The van der Waals surface area contributed by atoms with Crippen LogP contribution >= 0.6 is 0 Å². The monoisotopic (exact) mass is 260 g/mol. The molecular formula is C16H24N2O. The fourth-order valence-electron chi connectivity index (χ4n) is 2.26. The van der Waals surface area contributed by atoms with Gasteiger partial charge in [-0.15, -0.1) is 0 Å². The second kappa shape index (κ2) is 5.74. The van der Waals surface area contributed by atoms with Crippen LogP contribution in [0.3, 0.4) is 0 Å². The molecule has 3 nitrogen and oxygen atoms in total. The number of carbonyl (C=O) groups is 1. The average molecular weight is 260 g/mol. The zero-order chi connectivity index (χ0) is 14.0. The molecule has 19 heavy (non-hydrogen) atoms. The number of hydrogen-bond donors (Lipinski definition) is 1. The number of carbonyl (C=O) groups excluding carboxylic acids is 1. The summed E-state index contributed by atoms with van der Waals surface area (Å²) in [6.45, 7) is 7.28. The summed E-state index contributed by atoms with van der Waals surface area (Å²) in [7, 11) is 0. The third kappa shape index (κ3) is 3.35. The Balaban J connectivity index is 2.12. The van der Waals surface area contributed by atoms with Crippen molar-refractivity contribution in [2.75, 3.05) is 6.54 Å². The molecule has 1 aliphatic carbocycles. The van der Waals surface area contributed by atoms with Crippen LogP contribution in [0, 0.1) is 19.8 Å². The van der Waals surface area contributed by atoms with Gasteiger partial charge in [-0.2, -0.15) is 0 Å². The summed E-state index contributed by atoms with van der Waals surface area (Å²) in [4.78, 5) is 14.4. The van der Waals surface area contributed by atoms with Crippen LogP contribution in [-0.2, 0) is 11.3 Å². The number of nitrogens with two attached hydrogens (primary N) is 1. The molecule has 0 aromatic heterocycles. The lowest BCUT2D eigenvalue weighted by atomic mass is 10.0. The summed E-state index contributed by atoms with van der Waals surface area (Å²) in [5.41, 5.74) is 9.42. The number of hydrogen-bond acceptors (Lipinski definition) is 2. The van der Waals surface area contributed by atoms with Crippen LogP contribution in [0.15, 0.2) is 18.2 Å². The quantitative estimate of drug-likeness (QED) is 0.883. The van der Waals surface area contributed by atoms with Crippen LogP contribution in [-0.4, -0.2) is 23.4 Å². The minimum Gasteiger partial charge on any atom is -0.335 e. The number of rotatable bonds is 5. The third-order valence-electron chi connectivity index (χ3n) is 3.97. The molecule has 1 unspecified atom stereocenters. The molecule has 0 aliphatic heterocycles. The molecule has 0 spiro atoms. The number of aryl methyl sites for hydroxylation is 2. The van der Waals surface area contributed by atoms with E-state index in [4.69, 9.17) is 5.73 Å². The Kier molecular flexibility index (Phi) is 4.25. The van der Waals surface area contributed by atoms with Gasteiger partial charge in [0.15, 0.2) is 0 Å². The molecule has 0 radical (unpaired) electrons. The summed E-state index contributed by atoms with van der Waals surface area (Å²) in [5, 5.41) is 0. The van der Waals surface area contributed by atoms with Gasteiger partial charge in [0.05, 0.1) is 0 Å². The summed E-state index contributed by atoms with van der Waals surface area (Å²) >= 11 is 0. The van der Waals surface area contributed by atoms with Crippen molar-refractivity contribution in [3.05, 3.63) is 34.9 Å². The Labute approximate surface area is 115 Å². The highest BCUT2D eigenvalue weighted by Crippen LogP contribution is 2.29. The lowest BCUT2D eigenvalue weighted by Crippen LogP contribution is -2.39. The van der Waals surface area contributed by atoms with Crippen molar-refractivity contribution < 1.29 is 4.79 Å². The van der Waals surface area contributed by atoms with Crippen molar-refractivity contribution in [3.63, 3.8) is 0 Å². The van der Waals surface area contributed by atoms with Crippen molar-refractivity contribution >= 4 is 5.91 Å². The molecule has 1 atom stereocenters. The van der Waals surface area contributed by atoms with E-state index < -0.39 is 0 Å². The zero-order valence-electron chi connectivity index (χ0n) is 12.1. The predicted octanol–water partition coefficient (Wildman–Crippen LogP) is 2.39. The molecule has 3 heteroatoms. The first-order valence-electron chi connectivity index (χ1n) is 7.09. The fourth-order valence-corrected chi connectivity index (χ4v) is 2.26. The number of amides is 1. The van der Waals surface area contributed by atoms with Crippen molar-refractivity contribution in [3.8, 4) is 0 Å². The lowest BCUT2D eigenvalue weighted by Gasteiger charge is -2.25. The maximum atomic E-state index is 12.4. The van der Waals surface area contributed by atoms with E-state index >= 15 is 0 Å². The minimum atomic E-state index is -0.0767. The zero-order valence-corrected chi connectivity index (χ0v) is 12.1. The Morgan fingerprint density at radius 2 is 2.05 bits per heavy atom. The van der Waals surface area contributed by atoms with Crippen LogP contribution in [0.25, 0.3) is 0 Å². The van der Waals surface area contributed by atoms with Crippen molar-refractivity contribution in [1.82, 2.24) is 4.90 Å². The number of nitrogens with zero attached hydrogens (tertiary/aromatic N) is 1. The van der Waals surface area contributed by atoms with Crippen LogP contribution in [0.2, 0.25) is 0 Å². The van der Waals surface area contributed by atoms with Crippen molar-refractivity contribution in [1.29, 1.82) is 0 Å². The highest BCUT2D eigenvalue weighted by atomic mass is 16.2.